The smallest absolute Gasteiger partial charge is 0.251 e. The van der Waals surface area contributed by atoms with Crippen LogP contribution in [-0.4, -0.2) is 53.8 Å². The zero-order valence-electron chi connectivity index (χ0n) is 20.1. The first-order valence-corrected chi connectivity index (χ1v) is 11.6. The first-order chi connectivity index (χ1) is 15.7. The molecule has 6 heteroatoms. The Balaban J connectivity index is 1.52. The molecule has 1 atom stereocenters. The fourth-order valence-corrected chi connectivity index (χ4v) is 4.03. The van der Waals surface area contributed by atoms with Gasteiger partial charge in [0.15, 0.2) is 0 Å². The van der Waals surface area contributed by atoms with Crippen LogP contribution in [0, 0.1) is 11.3 Å². The molecule has 1 fully saturated rings. The van der Waals surface area contributed by atoms with Crippen LogP contribution < -0.4 is 5.32 Å². The second-order valence-electron chi connectivity index (χ2n) is 9.79. The average molecular weight is 447 g/mol. The van der Waals surface area contributed by atoms with Crippen molar-refractivity contribution in [2.75, 3.05) is 26.2 Å². The second-order valence-corrected chi connectivity index (χ2v) is 9.79. The summed E-state index contributed by atoms with van der Waals surface area (Å²) in [5, 5.41) is 11.8. The molecule has 0 bridgehead atoms. The highest BCUT2D eigenvalue weighted by Crippen LogP contribution is 2.22. The minimum Gasteiger partial charge on any atom is -0.341 e. The lowest BCUT2D eigenvalue weighted by molar-refractivity contribution is -0.132. The van der Waals surface area contributed by atoms with Crippen molar-refractivity contribution in [2.45, 2.75) is 52.1 Å². The van der Waals surface area contributed by atoms with Crippen LogP contribution in [0.4, 0.5) is 0 Å². The lowest BCUT2D eigenvalue weighted by Gasteiger charge is -2.25. The molecule has 1 saturated heterocycles. The van der Waals surface area contributed by atoms with Crippen molar-refractivity contribution >= 4 is 11.8 Å². The molecule has 0 spiro atoms. The number of nitrogens with zero attached hydrogens (tertiary/aromatic N) is 3. The van der Waals surface area contributed by atoms with Crippen LogP contribution in [0.15, 0.2) is 48.5 Å². The monoisotopic (exact) mass is 446 g/mol. The summed E-state index contributed by atoms with van der Waals surface area (Å²) < 4.78 is 0. The van der Waals surface area contributed by atoms with E-state index in [1.165, 1.54) is 5.56 Å². The highest BCUT2D eigenvalue weighted by atomic mass is 16.2. The van der Waals surface area contributed by atoms with Crippen LogP contribution in [0.1, 0.15) is 61.2 Å². The molecular formula is C27H34N4O2. The van der Waals surface area contributed by atoms with E-state index < -0.39 is 6.04 Å². The molecule has 0 aliphatic carbocycles. The van der Waals surface area contributed by atoms with Gasteiger partial charge in [-0.1, -0.05) is 45.0 Å². The molecule has 1 N–H and O–H groups in total. The lowest BCUT2D eigenvalue weighted by Crippen LogP contribution is -2.48. The number of rotatable bonds is 5. The standard InChI is InChI=1S/C27H34N4O2/c1-20(29-25(32)23-10-12-24(13-11-23)27(2,3)4)26(33)31-15-5-14-30(16-17-31)19-22-8-6-21(18-28)7-9-22/h6-13,20H,5,14-17,19H2,1-4H3,(H,29,32)/t20-/m1/s1. The topological polar surface area (TPSA) is 76.4 Å². The summed E-state index contributed by atoms with van der Waals surface area (Å²) in [5.74, 6) is -0.275. The molecule has 3 rings (SSSR count). The maximum absolute atomic E-state index is 13.0. The molecule has 1 aliphatic rings. The summed E-state index contributed by atoms with van der Waals surface area (Å²) in [6.07, 6.45) is 0.886. The zero-order valence-corrected chi connectivity index (χ0v) is 20.1. The molecule has 2 amide bonds. The molecule has 174 valence electrons. The molecule has 6 nitrogen and oxygen atoms in total. The maximum atomic E-state index is 13.0. The van der Waals surface area contributed by atoms with Gasteiger partial charge in [-0.05, 0) is 54.2 Å². The molecule has 0 unspecified atom stereocenters. The van der Waals surface area contributed by atoms with E-state index in [-0.39, 0.29) is 17.2 Å². The zero-order chi connectivity index (χ0) is 24.0. The Morgan fingerprint density at radius 3 is 2.27 bits per heavy atom. The minimum absolute atomic E-state index is 0.0268. The maximum Gasteiger partial charge on any atom is 0.251 e. The number of nitriles is 1. The van der Waals surface area contributed by atoms with E-state index in [1.807, 2.05) is 53.4 Å². The second kappa shape index (κ2) is 10.6. The van der Waals surface area contributed by atoms with Crippen LogP contribution in [-0.2, 0) is 16.8 Å². The fraction of sp³-hybridized carbons (Fsp3) is 0.444. The van der Waals surface area contributed by atoms with E-state index in [1.54, 1.807) is 6.92 Å². The number of amides is 2. The van der Waals surface area contributed by atoms with Crippen LogP contribution >= 0.6 is 0 Å². The van der Waals surface area contributed by atoms with E-state index in [9.17, 15) is 9.59 Å². The van der Waals surface area contributed by atoms with E-state index in [0.717, 1.165) is 31.6 Å². The van der Waals surface area contributed by atoms with Crippen LogP contribution in [0.5, 0.6) is 0 Å². The molecule has 1 heterocycles. The Morgan fingerprint density at radius 1 is 1.00 bits per heavy atom. The molecule has 0 saturated carbocycles. The largest absolute Gasteiger partial charge is 0.341 e. The number of nitrogens with one attached hydrogen (secondary N) is 1. The summed E-state index contributed by atoms with van der Waals surface area (Å²) in [4.78, 5) is 29.8. The normalized spacial score (nSPS) is 15.9. The van der Waals surface area contributed by atoms with E-state index in [2.05, 4.69) is 37.1 Å². The van der Waals surface area contributed by atoms with Gasteiger partial charge in [0.05, 0.1) is 11.6 Å². The van der Waals surface area contributed by atoms with Crippen LogP contribution in [0.3, 0.4) is 0 Å². The molecule has 0 radical (unpaired) electrons. The SMILES string of the molecule is C[C@@H](NC(=O)c1ccc(C(C)(C)C)cc1)C(=O)N1CCCN(Cc2ccc(C#N)cc2)CC1. The predicted octanol–water partition coefficient (Wildman–Crippen LogP) is 3.71. The lowest BCUT2D eigenvalue weighted by atomic mass is 9.86. The van der Waals surface area contributed by atoms with Crippen molar-refractivity contribution in [2.24, 2.45) is 0 Å². The Morgan fingerprint density at radius 2 is 1.67 bits per heavy atom. The van der Waals surface area contributed by atoms with Crippen molar-refractivity contribution in [3.8, 4) is 6.07 Å². The average Bonchev–Trinajstić information content (AvgIpc) is 3.04. The molecule has 2 aromatic rings. The van der Waals surface area contributed by atoms with Crippen molar-refractivity contribution < 1.29 is 9.59 Å². The van der Waals surface area contributed by atoms with Crippen molar-refractivity contribution in [3.05, 3.63) is 70.8 Å². The number of hydrogen-bond donors (Lipinski definition) is 1. The predicted molar refractivity (Wildman–Crippen MR) is 130 cm³/mol. The summed E-state index contributed by atoms with van der Waals surface area (Å²) in [5.41, 5.74) is 3.57. The third-order valence-electron chi connectivity index (χ3n) is 6.12. The fourth-order valence-electron chi connectivity index (χ4n) is 4.03. The Kier molecular flexibility index (Phi) is 7.88. The Hall–Kier alpha value is -3.17. The highest BCUT2D eigenvalue weighted by molar-refractivity contribution is 5.97. The molecular weight excluding hydrogens is 412 g/mol. The number of carbonyl (C=O) groups is 2. The Bertz CT molecular complexity index is 1000. The molecule has 2 aromatic carbocycles. The first-order valence-electron chi connectivity index (χ1n) is 11.6. The van der Waals surface area contributed by atoms with Gasteiger partial charge in [-0.25, -0.2) is 0 Å². The van der Waals surface area contributed by atoms with Gasteiger partial charge < -0.3 is 10.2 Å². The van der Waals surface area contributed by atoms with Gasteiger partial charge in [-0.2, -0.15) is 5.26 Å². The van der Waals surface area contributed by atoms with Gasteiger partial charge >= 0.3 is 0 Å². The molecule has 0 aromatic heterocycles. The summed E-state index contributed by atoms with van der Waals surface area (Å²) >= 11 is 0. The van der Waals surface area contributed by atoms with Gasteiger partial charge in [0.25, 0.3) is 5.91 Å². The number of benzene rings is 2. The van der Waals surface area contributed by atoms with Gasteiger partial charge in [-0.3, -0.25) is 14.5 Å². The third kappa shape index (κ3) is 6.66. The summed E-state index contributed by atoms with van der Waals surface area (Å²) in [6.45, 7) is 12.0. The van der Waals surface area contributed by atoms with Crippen LogP contribution in [0.2, 0.25) is 0 Å². The van der Waals surface area contributed by atoms with E-state index >= 15 is 0 Å². The van der Waals surface area contributed by atoms with Gasteiger partial charge in [0.2, 0.25) is 5.91 Å². The first kappa shape index (κ1) is 24.5. The van der Waals surface area contributed by atoms with E-state index in [0.29, 0.717) is 24.2 Å². The summed E-state index contributed by atoms with van der Waals surface area (Å²) in [7, 11) is 0. The number of hydrogen-bond acceptors (Lipinski definition) is 4. The summed E-state index contributed by atoms with van der Waals surface area (Å²) in [6, 6.07) is 16.8. The van der Waals surface area contributed by atoms with Crippen molar-refractivity contribution in [1.82, 2.24) is 15.1 Å². The Labute approximate surface area is 197 Å². The number of carbonyl (C=O) groups excluding carboxylic acids is 2. The van der Waals surface area contributed by atoms with Gasteiger partial charge in [0.1, 0.15) is 6.04 Å². The van der Waals surface area contributed by atoms with Crippen molar-refractivity contribution in [3.63, 3.8) is 0 Å². The van der Waals surface area contributed by atoms with Crippen molar-refractivity contribution in [1.29, 1.82) is 5.26 Å². The highest BCUT2D eigenvalue weighted by Gasteiger charge is 2.25. The molecule has 33 heavy (non-hydrogen) atoms. The quantitative estimate of drug-likeness (QED) is 0.760. The van der Waals surface area contributed by atoms with Crippen LogP contribution in [0.25, 0.3) is 0 Å². The third-order valence-corrected chi connectivity index (χ3v) is 6.12. The molecule has 1 aliphatic heterocycles. The van der Waals surface area contributed by atoms with Gasteiger partial charge in [-0.15, -0.1) is 0 Å². The van der Waals surface area contributed by atoms with E-state index in [4.69, 9.17) is 5.26 Å². The van der Waals surface area contributed by atoms with Gasteiger partial charge in [0, 0.05) is 38.3 Å². The minimum atomic E-state index is -0.579.